The van der Waals surface area contributed by atoms with Crippen LogP contribution in [0.1, 0.15) is 24.0 Å². The van der Waals surface area contributed by atoms with Gasteiger partial charge in [-0.05, 0) is 51.0 Å². The molecule has 0 N–H and O–H groups in total. The van der Waals surface area contributed by atoms with Gasteiger partial charge in [-0.15, -0.1) is 11.8 Å². The van der Waals surface area contributed by atoms with Gasteiger partial charge in [-0.3, -0.25) is 0 Å². The number of hydrogen-bond donors (Lipinski definition) is 0. The maximum atomic E-state index is 12.9. The zero-order chi connectivity index (χ0) is 17.2. The Labute approximate surface area is 149 Å². The molecule has 1 fully saturated rings. The van der Waals surface area contributed by atoms with Crippen LogP contribution in [0.15, 0.2) is 58.3 Å². The Morgan fingerprint density at radius 2 is 1.58 bits per heavy atom. The number of thioether (sulfide) groups is 1. The lowest BCUT2D eigenvalue weighted by atomic mass is 10.2. The van der Waals surface area contributed by atoms with Gasteiger partial charge in [-0.25, -0.2) is 8.42 Å². The molecule has 1 unspecified atom stereocenters. The molecule has 0 amide bonds. The summed E-state index contributed by atoms with van der Waals surface area (Å²) in [4.78, 5) is 1.60. The van der Waals surface area contributed by atoms with Crippen LogP contribution in [0.3, 0.4) is 0 Å². The fraction of sp³-hybridized carbons (Fsp3) is 0.368. The summed E-state index contributed by atoms with van der Waals surface area (Å²) >= 11 is 1.74. The van der Waals surface area contributed by atoms with E-state index >= 15 is 0 Å². The van der Waals surface area contributed by atoms with Crippen LogP contribution in [-0.4, -0.2) is 31.1 Å². The topological polar surface area (TPSA) is 37.4 Å². The largest absolute Gasteiger partial charge is 0.243 e. The second-order valence-corrected chi connectivity index (χ2v) is 9.33. The Kier molecular flexibility index (Phi) is 5.33. The van der Waals surface area contributed by atoms with Crippen LogP contribution in [0.4, 0.5) is 0 Å². The summed E-state index contributed by atoms with van der Waals surface area (Å²) in [7, 11) is -3.40. The lowest BCUT2D eigenvalue weighted by molar-refractivity contribution is 0.412. The SMILES string of the molecule is Cc1ccc(SCC2CCCN2S(=O)(=O)c2ccc(C)cc2)cc1. The van der Waals surface area contributed by atoms with E-state index in [1.165, 1.54) is 10.5 Å². The lowest BCUT2D eigenvalue weighted by Gasteiger charge is -2.24. The fourth-order valence-electron chi connectivity index (χ4n) is 2.96. The molecule has 0 radical (unpaired) electrons. The second-order valence-electron chi connectivity index (χ2n) is 6.35. The second kappa shape index (κ2) is 7.30. The van der Waals surface area contributed by atoms with Crippen molar-refractivity contribution in [2.75, 3.05) is 12.3 Å². The molecule has 0 saturated carbocycles. The molecule has 24 heavy (non-hydrogen) atoms. The minimum absolute atomic E-state index is 0.0719. The number of hydrogen-bond acceptors (Lipinski definition) is 3. The predicted octanol–water partition coefficient (Wildman–Crippen LogP) is 4.25. The molecular weight excluding hydrogens is 338 g/mol. The van der Waals surface area contributed by atoms with Gasteiger partial charge in [0.05, 0.1) is 4.90 Å². The zero-order valence-corrected chi connectivity index (χ0v) is 15.7. The molecule has 128 valence electrons. The van der Waals surface area contributed by atoms with Crippen LogP contribution < -0.4 is 0 Å². The van der Waals surface area contributed by atoms with Crippen molar-refractivity contribution in [2.45, 2.75) is 42.5 Å². The van der Waals surface area contributed by atoms with Crippen molar-refractivity contribution in [3.63, 3.8) is 0 Å². The summed E-state index contributed by atoms with van der Waals surface area (Å²) in [5.41, 5.74) is 2.31. The Morgan fingerprint density at radius 3 is 2.21 bits per heavy atom. The van der Waals surface area contributed by atoms with Gasteiger partial charge in [0.2, 0.25) is 10.0 Å². The molecule has 0 aliphatic carbocycles. The lowest BCUT2D eigenvalue weighted by Crippen LogP contribution is -2.36. The van der Waals surface area contributed by atoms with Crippen LogP contribution in [0.25, 0.3) is 0 Å². The molecule has 1 heterocycles. The number of sulfonamides is 1. The van der Waals surface area contributed by atoms with E-state index in [1.807, 2.05) is 19.1 Å². The molecule has 2 aromatic rings. The smallest absolute Gasteiger partial charge is 0.207 e. The third kappa shape index (κ3) is 3.85. The number of benzene rings is 2. The molecule has 3 rings (SSSR count). The average Bonchev–Trinajstić information content (AvgIpc) is 3.04. The predicted molar refractivity (Wildman–Crippen MR) is 100.0 cm³/mol. The van der Waals surface area contributed by atoms with Crippen molar-refractivity contribution in [2.24, 2.45) is 0 Å². The highest BCUT2D eigenvalue weighted by Gasteiger charge is 2.35. The molecule has 1 aliphatic heterocycles. The van der Waals surface area contributed by atoms with Gasteiger partial charge >= 0.3 is 0 Å². The van der Waals surface area contributed by atoms with E-state index in [0.29, 0.717) is 11.4 Å². The van der Waals surface area contributed by atoms with Crippen molar-refractivity contribution in [3.05, 3.63) is 59.7 Å². The third-order valence-electron chi connectivity index (χ3n) is 4.41. The summed E-state index contributed by atoms with van der Waals surface area (Å²) < 4.78 is 27.6. The molecule has 1 aliphatic rings. The van der Waals surface area contributed by atoms with Crippen LogP contribution in [0.2, 0.25) is 0 Å². The van der Waals surface area contributed by atoms with Crippen molar-refractivity contribution >= 4 is 21.8 Å². The number of rotatable bonds is 5. The van der Waals surface area contributed by atoms with Crippen molar-refractivity contribution in [1.82, 2.24) is 4.31 Å². The summed E-state index contributed by atoms with van der Waals surface area (Å²) in [5, 5.41) is 0. The molecule has 0 spiro atoms. The molecular formula is C19H23NO2S2. The molecule has 1 atom stereocenters. The Bertz CT molecular complexity index is 783. The quantitative estimate of drug-likeness (QED) is 0.747. The van der Waals surface area contributed by atoms with Crippen LogP contribution in [-0.2, 0) is 10.0 Å². The first-order chi connectivity index (χ1) is 11.5. The van der Waals surface area contributed by atoms with Gasteiger partial charge < -0.3 is 0 Å². The molecule has 3 nitrogen and oxygen atoms in total. The highest BCUT2D eigenvalue weighted by Crippen LogP contribution is 2.30. The molecule has 5 heteroatoms. The maximum absolute atomic E-state index is 12.9. The van der Waals surface area contributed by atoms with E-state index in [9.17, 15) is 8.42 Å². The van der Waals surface area contributed by atoms with Gasteiger partial charge in [0, 0.05) is 23.2 Å². The van der Waals surface area contributed by atoms with Crippen LogP contribution >= 0.6 is 11.8 Å². The van der Waals surface area contributed by atoms with Crippen LogP contribution in [0.5, 0.6) is 0 Å². The van der Waals surface area contributed by atoms with Gasteiger partial charge in [0.1, 0.15) is 0 Å². The highest BCUT2D eigenvalue weighted by atomic mass is 32.2. The van der Waals surface area contributed by atoms with Crippen molar-refractivity contribution < 1.29 is 8.42 Å². The highest BCUT2D eigenvalue weighted by molar-refractivity contribution is 7.99. The van der Waals surface area contributed by atoms with E-state index in [-0.39, 0.29) is 6.04 Å². The van der Waals surface area contributed by atoms with Crippen molar-refractivity contribution in [1.29, 1.82) is 0 Å². The summed E-state index contributed by atoms with van der Waals surface area (Å²) in [6.45, 7) is 4.66. The first kappa shape index (κ1) is 17.5. The maximum Gasteiger partial charge on any atom is 0.243 e. The van der Waals surface area contributed by atoms with Gasteiger partial charge in [-0.1, -0.05) is 35.4 Å². The minimum atomic E-state index is -3.40. The molecule has 0 aromatic heterocycles. The summed E-state index contributed by atoms with van der Waals surface area (Å²) in [5.74, 6) is 0.800. The van der Waals surface area contributed by atoms with E-state index in [4.69, 9.17) is 0 Å². The molecule has 1 saturated heterocycles. The van der Waals surface area contributed by atoms with E-state index in [1.54, 1.807) is 28.2 Å². The van der Waals surface area contributed by atoms with Gasteiger partial charge in [0.15, 0.2) is 0 Å². The Morgan fingerprint density at radius 1 is 1.00 bits per heavy atom. The molecule has 0 bridgehead atoms. The number of nitrogens with zero attached hydrogens (tertiary/aromatic N) is 1. The average molecular weight is 362 g/mol. The fourth-order valence-corrected chi connectivity index (χ4v) is 5.81. The Hall–Kier alpha value is -1.30. The first-order valence-electron chi connectivity index (χ1n) is 8.25. The van der Waals surface area contributed by atoms with E-state index in [0.717, 1.165) is 24.2 Å². The standard InChI is InChI=1S/C19H23NO2S2/c1-15-5-9-18(10-6-15)23-14-17-4-3-13-20(17)24(21,22)19-11-7-16(2)8-12-19/h5-12,17H,3-4,13-14H2,1-2H3. The number of aryl methyl sites for hydroxylation is 2. The Balaban J connectivity index is 1.72. The zero-order valence-electron chi connectivity index (χ0n) is 14.1. The van der Waals surface area contributed by atoms with E-state index < -0.39 is 10.0 Å². The van der Waals surface area contributed by atoms with Crippen LogP contribution in [0, 0.1) is 13.8 Å². The normalized spacial score (nSPS) is 18.8. The first-order valence-corrected chi connectivity index (χ1v) is 10.7. The van der Waals surface area contributed by atoms with Crippen molar-refractivity contribution in [3.8, 4) is 0 Å². The summed E-state index contributed by atoms with van der Waals surface area (Å²) in [6.07, 6.45) is 1.87. The third-order valence-corrected chi connectivity index (χ3v) is 7.54. The monoisotopic (exact) mass is 361 g/mol. The van der Waals surface area contributed by atoms with E-state index in [2.05, 4.69) is 31.2 Å². The van der Waals surface area contributed by atoms with Gasteiger partial charge in [0.25, 0.3) is 0 Å². The van der Waals surface area contributed by atoms with Gasteiger partial charge in [-0.2, -0.15) is 4.31 Å². The molecule has 2 aromatic carbocycles. The minimum Gasteiger partial charge on any atom is -0.207 e. The summed E-state index contributed by atoms with van der Waals surface area (Å²) in [6, 6.07) is 15.6.